The lowest BCUT2D eigenvalue weighted by Crippen LogP contribution is -2.31. The van der Waals surface area contributed by atoms with Crippen molar-refractivity contribution in [2.45, 2.75) is 38.6 Å². The van der Waals surface area contributed by atoms with Crippen LogP contribution in [0.5, 0.6) is 5.75 Å². The summed E-state index contributed by atoms with van der Waals surface area (Å²) < 4.78 is 5.19. The number of benzene rings is 1. The molecule has 2 aromatic heterocycles. The Balaban J connectivity index is 1.49. The Morgan fingerprint density at radius 3 is 2.72 bits per heavy atom. The van der Waals surface area contributed by atoms with Gasteiger partial charge in [0.05, 0.1) is 24.2 Å². The van der Waals surface area contributed by atoms with Gasteiger partial charge in [0.25, 0.3) is 0 Å². The van der Waals surface area contributed by atoms with Crippen LogP contribution in [0.15, 0.2) is 36.4 Å². The molecule has 1 amide bonds. The summed E-state index contributed by atoms with van der Waals surface area (Å²) in [5, 5.41) is 0.745. The summed E-state index contributed by atoms with van der Waals surface area (Å²) in [7, 11) is 1.65. The molecule has 0 aliphatic carbocycles. The number of nitrogens with two attached hydrogens (primary N) is 1. The van der Waals surface area contributed by atoms with Gasteiger partial charge in [-0.1, -0.05) is 12.1 Å². The van der Waals surface area contributed by atoms with Gasteiger partial charge in [-0.25, -0.2) is 15.0 Å². The van der Waals surface area contributed by atoms with Gasteiger partial charge < -0.3 is 15.4 Å². The number of nitrogen functional groups attached to an aromatic ring is 1. The third-order valence-electron chi connectivity index (χ3n) is 5.42. The van der Waals surface area contributed by atoms with Crippen LogP contribution in [0.4, 0.5) is 5.82 Å². The Morgan fingerprint density at radius 2 is 1.97 bits per heavy atom. The number of rotatable bonds is 5. The minimum absolute atomic E-state index is 0.0146. The van der Waals surface area contributed by atoms with Gasteiger partial charge in [0.1, 0.15) is 17.4 Å². The van der Waals surface area contributed by atoms with Gasteiger partial charge in [-0.05, 0) is 56.0 Å². The van der Waals surface area contributed by atoms with Crippen LogP contribution in [0.25, 0.3) is 11.0 Å². The van der Waals surface area contributed by atoms with E-state index in [1.54, 1.807) is 14.0 Å². The monoisotopic (exact) mass is 391 g/mol. The van der Waals surface area contributed by atoms with E-state index < -0.39 is 0 Å². The Bertz CT molecular complexity index is 1040. The largest absolute Gasteiger partial charge is 0.497 e. The smallest absolute Gasteiger partial charge is 0.223 e. The number of aryl methyl sites for hydroxylation is 2. The number of hydrogen-bond donors (Lipinski definition) is 1. The number of nitrogens with zero attached hydrogens (tertiary/aromatic N) is 4. The molecule has 2 N–H and O–H groups in total. The highest BCUT2D eigenvalue weighted by Gasteiger charge is 2.30. The van der Waals surface area contributed by atoms with Crippen LogP contribution in [0.3, 0.4) is 0 Å². The van der Waals surface area contributed by atoms with Crippen molar-refractivity contribution < 1.29 is 9.53 Å². The Kier molecular flexibility index (Phi) is 5.29. The lowest BCUT2D eigenvalue weighted by atomic mass is 10.1. The van der Waals surface area contributed by atoms with Gasteiger partial charge in [-0.15, -0.1) is 0 Å². The number of ether oxygens (including phenoxy) is 1. The highest BCUT2D eigenvalue weighted by molar-refractivity contribution is 5.85. The van der Waals surface area contributed by atoms with E-state index in [0.717, 1.165) is 41.8 Å². The van der Waals surface area contributed by atoms with Crippen molar-refractivity contribution in [1.29, 1.82) is 0 Å². The Labute approximate surface area is 169 Å². The van der Waals surface area contributed by atoms with Gasteiger partial charge in [-0.3, -0.25) is 4.79 Å². The molecule has 3 heterocycles. The Hall–Kier alpha value is -3.22. The molecule has 0 saturated carbocycles. The van der Waals surface area contributed by atoms with Crippen molar-refractivity contribution in [3.05, 3.63) is 53.5 Å². The number of pyridine rings is 1. The van der Waals surface area contributed by atoms with Crippen molar-refractivity contribution in [1.82, 2.24) is 19.9 Å². The van der Waals surface area contributed by atoms with Crippen LogP contribution < -0.4 is 10.5 Å². The number of likely N-dealkylation sites (tertiary alicyclic amines) is 1. The van der Waals surface area contributed by atoms with Crippen LogP contribution in [0.2, 0.25) is 0 Å². The molecule has 4 rings (SSSR count). The van der Waals surface area contributed by atoms with Crippen LogP contribution in [-0.2, 0) is 11.2 Å². The fraction of sp³-hybridized carbons (Fsp3) is 0.364. The molecule has 3 aromatic rings. The number of carbonyl (C=O) groups is 1. The molecule has 150 valence electrons. The van der Waals surface area contributed by atoms with Crippen molar-refractivity contribution in [2.24, 2.45) is 0 Å². The van der Waals surface area contributed by atoms with E-state index in [2.05, 4.69) is 9.97 Å². The summed E-state index contributed by atoms with van der Waals surface area (Å²) in [4.78, 5) is 28.2. The first-order valence-corrected chi connectivity index (χ1v) is 9.88. The van der Waals surface area contributed by atoms with Crippen molar-refractivity contribution >= 4 is 22.8 Å². The molecule has 0 bridgehead atoms. The van der Waals surface area contributed by atoms with E-state index in [0.29, 0.717) is 30.1 Å². The Morgan fingerprint density at radius 1 is 1.17 bits per heavy atom. The molecule has 7 nitrogen and oxygen atoms in total. The van der Waals surface area contributed by atoms with Crippen molar-refractivity contribution in [3.8, 4) is 5.75 Å². The topological polar surface area (TPSA) is 94.2 Å². The molecule has 0 spiro atoms. The normalized spacial score (nSPS) is 16.3. The second kappa shape index (κ2) is 8.03. The third-order valence-corrected chi connectivity index (χ3v) is 5.42. The molecular weight excluding hydrogens is 366 g/mol. The molecule has 0 unspecified atom stereocenters. The van der Waals surface area contributed by atoms with Gasteiger partial charge >= 0.3 is 0 Å². The number of methoxy groups -OCH3 is 1. The quantitative estimate of drug-likeness (QED) is 0.718. The maximum Gasteiger partial charge on any atom is 0.223 e. The van der Waals surface area contributed by atoms with E-state index in [1.165, 1.54) is 0 Å². The molecule has 1 fully saturated rings. The predicted octanol–water partition coefficient (Wildman–Crippen LogP) is 3.22. The molecule has 0 radical (unpaired) electrons. The average Bonchev–Trinajstić information content (AvgIpc) is 3.22. The number of aromatic nitrogens is 3. The predicted molar refractivity (Wildman–Crippen MR) is 111 cm³/mol. The van der Waals surface area contributed by atoms with E-state index in [4.69, 9.17) is 15.5 Å². The van der Waals surface area contributed by atoms with Gasteiger partial charge in [0.15, 0.2) is 5.65 Å². The lowest BCUT2D eigenvalue weighted by molar-refractivity contribution is -0.132. The fourth-order valence-electron chi connectivity index (χ4n) is 3.91. The number of hydrogen-bond acceptors (Lipinski definition) is 6. The van der Waals surface area contributed by atoms with E-state index in [-0.39, 0.29) is 11.9 Å². The first kappa shape index (κ1) is 19.1. The lowest BCUT2D eigenvalue weighted by Gasteiger charge is -2.24. The zero-order valence-electron chi connectivity index (χ0n) is 16.8. The van der Waals surface area contributed by atoms with E-state index in [1.807, 2.05) is 41.3 Å². The number of carbonyl (C=O) groups excluding carboxylic acids is 1. The van der Waals surface area contributed by atoms with Gasteiger partial charge in [0, 0.05) is 13.0 Å². The first-order chi connectivity index (χ1) is 14.0. The molecule has 1 aromatic carbocycles. The molecule has 1 aliphatic heterocycles. The van der Waals surface area contributed by atoms with Crippen LogP contribution in [-0.4, -0.2) is 39.4 Å². The van der Waals surface area contributed by atoms with Crippen LogP contribution in [0, 0.1) is 6.92 Å². The standard InChI is InChI=1S/C22H25N5O2/c1-14-24-21(23)17-10-11-18(26-22(17)25-14)19-4-3-13-27(19)20(28)12-7-15-5-8-16(29-2)9-6-15/h5-6,8-11,19H,3-4,7,12-13H2,1-2H3,(H2,23,24,25,26)/t19-/m1/s1. The van der Waals surface area contributed by atoms with Crippen molar-refractivity contribution in [2.75, 3.05) is 19.4 Å². The maximum atomic E-state index is 12.9. The average molecular weight is 391 g/mol. The minimum atomic E-state index is -0.0146. The second-order valence-corrected chi connectivity index (χ2v) is 7.36. The first-order valence-electron chi connectivity index (χ1n) is 9.88. The summed E-state index contributed by atoms with van der Waals surface area (Å²) >= 11 is 0. The molecule has 29 heavy (non-hydrogen) atoms. The second-order valence-electron chi connectivity index (χ2n) is 7.36. The summed E-state index contributed by atoms with van der Waals surface area (Å²) in [6.07, 6.45) is 3.07. The zero-order chi connectivity index (χ0) is 20.4. The minimum Gasteiger partial charge on any atom is -0.497 e. The van der Waals surface area contributed by atoms with Crippen molar-refractivity contribution in [3.63, 3.8) is 0 Å². The molecule has 1 atom stereocenters. The number of anilines is 1. The molecule has 1 saturated heterocycles. The van der Waals surface area contributed by atoms with Gasteiger partial charge in [-0.2, -0.15) is 0 Å². The maximum absolute atomic E-state index is 12.9. The molecule has 1 aliphatic rings. The van der Waals surface area contributed by atoms with E-state index >= 15 is 0 Å². The fourth-order valence-corrected chi connectivity index (χ4v) is 3.91. The molecule has 7 heteroatoms. The highest BCUT2D eigenvalue weighted by Crippen LogP contribution is 2.32. The number of amides is 1. The van der Waals surface area contributed by atoms with Crippen LogP contribution >= 0.6 is 0 Å². The van der Waals surface area contributed by atoms with Gasteiger partial charge in [0.2, 0.25) is 5.91 Å². The van der Waals surface area contributed by atoms with E-state index in [9.17, 15) is 4.79 Å². The number of fused-ring (bicyclic) bond motifs is 1. The summed E-state index contributed by atoms with van der Waals surface area (Å²) in [6, 6.07) is 11.7. The SMILES string of the molecule is COc1ccc(CCC(=O)N2CCC[C@@H]2c2ccc3c(N)nc(C)nc3n2)cc1. The summed E-state index contributed by atoms with van der Waals surface area (Å²) in [5.74, 6) is 2.01. The molecular formula is C22H25N5O2. The summed E-state index contributed by atoms with van der Waals surface area (Å²) in [5.41, 5.74) is 8.57. The third kappa shape index (κ3) is 3.99. The summed E-state index contributed by atoms with van der Waals surface area (Å²) in [6.45, 7) is 2.56. The van der Waals surface area contributed by atoms with Crippen LogP contribution in [0.1, 0.15) is 42.4 Å². The zero-order valence-corrected chi connectivity index (χ0v) is 16.8. The highest BCUT2D eigenvalue weighted by atomic mass is 16.5.